The molecule has 0 saturated carbocycles. The summed E-state index contributed by atoms with van der Waals surface area (Å²) in [5.41, 5.74) is 2.97. The normalized spacial score (nSPS) is 11.4. The Hall–Kier alpha value is -3.26. The monoisotopic (exact) mass is 323 g/mol. The van der Waals surface area contributed by atoms with Gasteiger partial charge in [0.25, 0.3) is 0 Å². The Balaban J connectivity index is 2.05. The van der Waals surface area contributed by atoms with Gasteiger partial charge in [0.15, 0.2) is 0 Å². The first-order valence-electron chi connectivity index (χ1n) is 8.27. The molecular weight excluding hydrogens is 309 g/mol. The van der Waals surface area contributed by atoms with E-state index in [9.17, 15) is 4.39 Å². The highest BCUT2D eigenvalue weighted by Gasteiger charge is 2.13. The molecule has 0 atom stereocenters. The molecule has 0 aliphatic rings. The van der Waals surface area contributed by atoms with Gasteiger partial charge in [-0.2, -0.15) is 0 Å². The number of pyridine rings is 1. The molecule has 0 aliphatic carbocycles. The van der Waals surface area contributed by atoms with Crippen LogP contribution in [-0.2, 0) is 0 Å². The van der Waals surface area contributed by atoms with Crippen LogP contribution in [0.1, 0.15) is 0 Å². The number of nitrogens with zero attached hydrogens (tertiary/aromatic N) is 1. The van der Waals surface area contributed by atoms with Crippen molar-refractivity contribution in [3.05, 3.63) is 90.7 Å². The van der Waals surface area contributed by atoms with Gasteiger partial charge in [-0.3, -0.25) is 0 Å². The minimum atomic E-state index is -0.221. The van der Waals surface area contributed by atoms with Gasteiger partial charge in [0.1, 0.15) is 5.82 Å². The van der Waals surface area contributed by atoms with Crippen molar-refractivity contribution < 1.29 is 4.39 Å². The van der Waals surface area contributed by atoms with E-state index in [1.54, 1.807) is 6.07 Å². The number of benzene rings is 4. The zero-order chi connectivity index (χ0) is 16.8. The summed E-state index contributed by atoms with van der Waals surface area (Å²) < 4.78 is 13.7. The fourth-order valence-electron chi connectivity index (χ4n) is 3.56. The molecule has 25 heavy (non-hydrogen) atoms. The van der Waals surface area contributed by atoms with E-state index in [2.05, 4.69) is 24.3 Å². The van der Waals surface area contributed by atoms with E-state index in [0.29, 0.717) is 0 Å². The van der Waals surface area contributed by atoms with Gasteiger partial charge in [0.05, 0.1) is 11.2 Å². The number of hydrogen-bond acceptors (Lipinski definition) is 1. The van der Waals surface area contributed by atoms with Crippen LogP contribution >= 0.6 is 0 Å². The first-order valence-corrected chi connectivity index (χ1v) is 8.27. The molecule has 1 aromatic heterocycles. The Bertz CT molecular complexity index is 1240. The van der Waals surface area contributed by atoms with Crippen molar-refractivity contribution in [2.24, 2.45) is 0 Å². The van der Waals surface area contributed by atoms with Crippen molar-refractivity contribution in [2.75, 3.05) is 0 Å². The van der Waals surface area contributed by atoms with E-state index in [4.69, 9.17) is 4.98 Å². The summed E-state index contributed by atoms with van der Waals surface area (Å²) in [6.45, 7) is 0. The Kier molecular flexibility index (Phi) is 3.04. The van der Waals surface area contributed by atoms with E-state index in [1.807, 2.05) is 48.5 Å². The Morgan fingerprint density at radius 1 is 0.640 bits per heavy atom. The predicted octanol–water partition coefficient (Wildman–Crippen LogP) is 6.35. The molecule has 0 radical (unpaired) electrons. The van der Waals surface area contributed by atoms with Crippen LogP contribution in [0.25, 0.3) is 43.7 Å². The lowest BCUT2D eigenvalue weighted by Crippen LogP contribution is -1.91. The Labute approximate surface area is 144 Å². The molecule has 0 spiro atoms. The van der Waals surface area contributed by atoms with Crippen molar-refractivity contribution in [3.63, 3.8) is 0 Å². The summed E-state index contributed by atoms with van der Waals surface area (Å²) in [5.74, 6) is -0.221. The number of aromatic nitrogens is 1. The molecule has 0 saturated heterocycles. The lowest BCUT2D eigenvalue weighted by molar-refractivity contribution is 0.630. The van der Waals surface area contributed by atoms with E-state index in [-0.39, 0.29) is 5.82 Å². The van der Waals surface area contributed by atoms with Crippen molar-refractivity contribution in [3.8, 4) is 11.3 Å². The maximum Gasteiger partial charge on any atom is 0.123 e. The van der Waals surface area contributed by atoms with Crippen LogP contribution in [0.3, 0.4) is 0 Å². The standard InChI is InChI=1S/C23H14FN/c24-17-11-13-18-16(14-17)10-12-20-19-8-4-5-9-21(19)25-23(22(18)20)15-6-2-1-3-7-15/h1-14H. The maximum absolute atomic E-state index is 13.7. The van der Waals surface area contributed by atoms with Crippen molar-refractivity contribution in [1.29, 1.82) is 0 Å². The average Bonchev–Trinajstić information content (AvgIpc) is 2.67. The minimum absolute atomic E-state index is 0.221. The summed E-state index contributed by atoms with van der Waals surface area (Å²) in [6, 6.07) is 27.4. The predicted molar refractivity (Wildman–Crippen MR) is 102 cm³/mol. The average molecular weight is 323 g/mol. The summed E-state index contributed by atoms with van der Waals surface area (Å²) >= 11 is 0. The zero-order valence-corrected chi connectivity index (χ0v) is 13.4. The molecule has 2 heteroatoms. The molecule has 1 heterocycles. The van der Waals surface area contributed by atoms with Gasteiger partial charge in [0.2, 0.25) is 0 Å². The van der Waals surface area contributed by atoms with Gasteiger partial charge in [-0.1, -0.05) is 66.7 Å². The first-order chi connectivity index (χ1) is 12.3. The van der Waals surface area contributed by atoms with E-state index >= 15 is 0 Å². The van der Waals surface area contributed by atoms with Crippen LogP contribution in [-0.4, -0.2) is 4.98 Å². The van der Waals surface area contributed by atoms with Gasteiger partial charge in [-0.25, -0.2) is 9.37 Å². The van der Waals surface area contributed by atoms with E-state index in [1.165, 1.54) is 6.07 Å². The highest BCUT2D eigenvalue weighted by Crippen LogP contribution is 2.37. The number of fused-ring (bicyclic) bond motifs is 5. The summed E-state index contributed by atoms with van der Waals surface area (Å²) in [6.07, 6.45) is 0. The number of hydrogen-bond donors (Lipinski definition) is 0. The van der Waals surface area contributed by atoms with Crippen LogP contribution in [0.5, 0.6) is 0 Å². The first kappa shape index (κ1) is 14.1. The number of halogens is 1. The fraction of sp³-hybridized carbons (Fsp3) is 0. The molecule has 5 rings (SSSR count). The smallest absolute Gasteiger partial charge is 0.123 e. The lowest BCUT2D eigenvalue weighted by atomic mass is 9.95. The lowest BCUT2D eigenvalue weighted by Gasteiger charge is -2.12. The molecule has 0 unspecified atom stereocenters. The Morgan fingerprint density at radius 3 is 2.28 bits per heavy atom. The van der Waals surface area contributed by atoms with Crippen LogP contribution in [0, 0.1) is 5.82 Å². The largest absolute Gasteiger partial charge is 0.247 e. The maximum atomic E-state index is 13.7. The minimum Gasteiger partial charge on any atom is -0.247 e. The van der Waals surface area contributed by atoms with Crippen LogP contribution < -0.4 is 0 Å². The third-order valence-corrected chi connectivity index (χ3v) is 4.69. The van der Waals surface area contributed by atoms with Gasteiger partial charge in [0, 0.05) is 16.3 Å². The second kappa shape index (κ2) is 5.38. The highest BCUT2D eigenvalue weighted by atomic mass is 19.1. The van der Waals surface area contributed by atoms with Crippen molar-refractivity contribution >= 4 is 32.4 Å². The van der Waals surface area contributed by atoms with Gasteiger partial charge < -0.3 is 0 Å². The molecule has 0 fully saturated rings. The molecule has 1 nitrogen and oxygen atoms in total. The molecule has 4 aromatic carbocycles. The van der Waals surface area contributed by atoms with Crippen molar-refractivity contribution in [2.45, 2.75) is 0 Å². The van der Waals surface area contributed by atoms with Crippen LogP contribution in [0.15, 0.2) is 84.9 Å². The Morgan fingerprint density at radius 2 is 1.40 bits per heavy atom. The van der Waals surface area contributed by atoms with Crippen LogP contribution in [0.4, 0.5) is 4.39 Å². The molecule has 5 aromatic rings. The highest BCUT2D eigenvalue weighted by molar-refractivity contribution is 6.21. The summed E-state index contributed by atoms with van der Waals surface area (Å²) in [5, 5.41) is 5.24. The van der Waals surface area contributed by atoms with Crippen LogP contribution in [0.2, 0.25) is 0 Å². The zero-order valence-electron chi connectivity index (χ0n) is 13.4. The quantitative estimate of drug-likeness (QED) is 0.328. The number of rotatable bonds is 1. The SMILES string of the molecule is Fc1ccc2c(ccc3c4ccccc4nc(-c4ccccc4)c23)c1. The third kappa shape index (κ3) is 2.18. The van der Waals surface area contributed by atoms with Gasteiger partial charge in [-0.15, -0.1) is 0 Å². The van der Waals surface area contributed by atoms with Gasteiger partial charge >= 0.3 is 0 Å². The molecule has 0 bridgehead atoms. The molecule has 118 valence electrons. The summed E-state index contributed by atoms with van der Waals surface area (Å²) in [7, 11) is 0. The third-order valence-electron chi connectivity index (χ3n) is 4.69. The topological polar surface area (TPSA) is 12.9 Å². The van der Waals surface area contributed by atoms with Gasteiger partial charge in [-0.05, 0) is 34.4 Å². The molecule has 0 N–H and O–H groups in total. The van der Waals surface area contributed by atoms with E-state index < -0.39 is 0 Å². The molecule has 0 aliphatic heterocycles. The fourth-order valence-corrected chi connectivity index (χ4v) is 3.56. The summed E-state index contributed by atoms with van der Waals surface area (Å²) in [4.78, 5) is 4.95. The molecule has 0 amide bonds. The second-order valence-corrected chi connectivity index (χ2v) is 6.20. The number of para-hydroxylation sites is 1. The van der Waals surface area contributed by atoms with E-state index in [0.717, 1.165) is 43.7 Å². The molecular formula is C23H14FN. The van der Waals surface area contributed by atoms with Crippen molar-refractivity contribution in [1.82, 2.24) is 4.98 Å². The second-order valence-electron chi connectivity index (χ2n) is 6.20.